The third kappa shape index (κ3) is 5.11. The van der Waals surface area contributed by atoms with Crippen molar-refractivity contribution in [2.45, 2.75) is 74.8 Å². The highest BCUT2D eigenvalue weighted by Crippen LogP contribution is 2.41. The Morgan fingerprint density at radius 3 is 2.42 bits per heavy atom. The molecule has 0 fully saturated rings. The van der Waals surface area contributed by atoms with Crippen LogP contribution in [0, 0.1) is 33.1 Å². The fourth-order valence-corrected chi connectivity index (χ4v) is 6.99. The summed E-state index contributed by atoms with van der Waals surface area (Å²) >= 11 is 1.91. The molecule has 0 unspecified atom stereocenters. The van der Waals surface area contributed by atoms with E-state index in [1.165, 1.54) is 48.6 Å². The van der Waals surface area contributed by atoms with Crippen molar-refractivity contribution in [1.82, 2.24) is 0 Å². The first-order valence-corrected chi connectivity index (χ1v) is 14.7. The van der Waals surface area contributed by atoms with Gasteiger partial charge in [-0.3, -0.25) is 0 Å². The molecule has 5 rings (SSSR count). The summed E-state index contributed by atoms with van der Waals surface area (Å²) in [4.78, 5) is 2.25. The molecule has 4 heteroatoms. The smallest absolute Gasteiger partial charge is 0.263 e. The van der Waals surface area contributed by atoms with Crippen LogP contribution in [0.1, 0.15) is 67.8 Å². The van der Waals surface area contributed by atoms with E-state index in [4.69, 9.17) is 4.74 Å². The second-order valence-corrected chi connectivity index (χ2v) is 12.7. The molecule has 0 saturated heterocycles. The van der Waals surface area contributed by atoms with Gasteiger partial charge in [0.25, 0.3) is 5.01 Å². The molecule has 0 saturated carbocycles. The highest BCUT2D eigenvalue weighted by molar-refractivity contribution is 7.18. The lowest BCUT2D eigenvalue weighted by Crippen LogP contribution is -2.33. The Kier molecular flexibility index (Phi) is 7.13. The molecular weight excluding hydrogens is 484 g/mol. The molecule has 0 radical (unpaired) electrons. The van der Waals surface area contributed by atoms with Gasteiger partial charge in [-0.05, 0) is 117 Å². The Morgan fingerprint density at radius 2 is 1.68 bits per heavy atom. The fourth-order valence-electron chi connectivity index (χ4n) is 5.71. The number of thiazole rings is 1. The normalized spacial score (nSPS) is 19.1. The van der Waals surface area contributed by atoms with E-state index in [1.807, 2.05) is 11.3 Å². The van der Waals surface area contributed by atoms with Gasteiger partial charge in [0, 0.05) is 18.7 Å². The van der Waals surface area contributed by atoms with Gasteiger partial charge in [-0.15, -0.1) is 0 Å². The zero-order chi connectivity index (χ0) is 27.2. The average molecular weight is 526 g/mol. The maximum absolute atomic E-state index is 6.25. The summed E-state index contributed by atoms with van der Waals surface area (Å²) in [5.41, 5.74) is 10.8. The fraction of sp³-hybridized carbons (Fsp3) is 0.382. The van der Waals surface area contributed by atoms with Crippen molar-refractivity contribution >= 4 is 33.3 Å². The van der Waals surface area contributed by atoms with Crippen LogP contribution in [0.25, 0.3) is 16.3 Å². The maximum atomic E-state index is 6.25. The lowest BCUT2D eigenvalue weighted by Gasteiger charge is -2.30. The summed E-state index contributed by atoms with van der Waals surface area (Å²) in [5, 5.41) is 1.34. The molecule has 0 amide bonds. The molecule has 1 aliphatic heterocycles. The molecule has 1 aliphatic carbocycles. The van der Waals surface area contributed by atoms with E-state index in [2.05, 4.69) is 120 Å². The lowest BCUT2D eigenvalue weighted by atomic mass is 9.75. The van der Waals surface area contributed by atoms with Gasteiger partial charge >= 0.3 is 0 Å². The number of hydrogen-bond acceptors (Lipinski definition) is 3. The van der Waals surface area contributed by atoms with Gasteiger partial charge in [0.2, 0.25) is 11.4 Å². The van der Waals surface area contributed by atoms with Crippen LogP contribution in [0.4, 0.5) is 5.69 Å². The summed E-state index contributed by atoms with van der Waals surface area (Å²) in [6, 6.07) is 9.08. The van der Waals surface area contributed by atoms with E-state index in [1.54, 1.807) is 0 Å². The molecule has 3 aromatic rings. The Labute approximate surface area is 232 Å². The molecule has 0 N–H and O–H groups in total. The minimum Gasteiger partial charge on any atom is -0.439 e. The van der Waals surface area contributed by atoms with Crippen LogP contribution in [0.15, 0.2) is 65.6 Å². The molecule has 38 heavy (non-hydrogen) atoms. The summed E-state index contributed by atoms with van der Waals surface area (Å²) < 4.78 is 10.1. The van der Waals surface area contributed by atoms with Crippen molar-refractivity contribution in [1.29, 1.82) is 0 Å². The Balaban J connectivity index is 1.45. The Hall–Kier alpha value is -3.11. The van der Waals surface area contributed by atoms with Gasteiger partial charge in [-0.25, -0.2) is 0 Å². The Bertz CT molecular complexity index is 1530. The van der Waals surface area contributed by atoms with Crippen LogP contribution >= 0.6 is 11.3 Å². The van der Waals surface area contributed by atoms with Crippen LogP contribution in [0.3, 0.4) is 0 Å². The highest BCUT2D eigenvalue weighted by atomic mass is 32.1. The molecule has 2 aromatic carbocycles. The van der Waals surface area contributed by atoms with Crippen LogP contribution < -0.4 is 14.2 Å². The average Bonchev–Trinajstić information content (AvgIpc) is 3.34. The van der Waals surface area contributed by atoms with Crippen molar-refractivity contribution in [2.75, 3.05) is 11.4 Å². The predicted molar refractivity (Wildman–Crippen MR) is 163 cm³/mol. The molecular formula is C34H41N2OS+. The van der Waals surface area contributed by atoms with Crippen molar-refractivity contribution in [3.63, 3.8) is 0 Å². The third-order valence-electron chi connectivity index (χ3n) is 7.92. The molecule has 0 bridgehead atoms. The monoisotopic (exact) mass is 525 g/mol. The second kappa shape index (κ2) is 10.2. The first-order valence-electron chi connectivity index (χ1n) is 13.9. The van der Waals surface area contributed by atoms with E-state index in [-0.39, 0.29) is 5.41 Å². The van der Waals surface area contributed by atoms with Crippen molar-refractivity contribution in [3.05, 3.63) is 92.9 Å². The van der Waals surface area contributed by atoms with E-state index in [0.717, 1.165) is 43.3 Å². The highest BCUT2D eigenvalue weighted by Gasteiger charge is 2.27. The van der Waals surface area contributed by atoms with E-state index in [9.17, 15) is 0 Å². The van der Waals surface area contributed by atoms with Gasteiger partial charge in [-0.2, -0.15) is 4.57 Å². The lowest BCUT2D eigenvalue weighted by molar-refractivity contribution is -0.665. The predicted octanol–water partition coefficient (Wildman–Crippen LogP) is 8.89. The molecule has 1 aromatic heterocycles. The SMILES string of the molecule is CCN1C(=CC=CC2=CC(=Cc3sc4cc(C)c(C)cc4[n+]3CC)CC(C)(C)C2)Oc2cc(C)c(C)cc21. The number of fused-ring (bicyclic) bond motifs is 2. The minimum absolute atomic E-state index is 0.221. The number of nitrogens with zero attached hydrogens (tertiary/aromatic N) is 2. The van der Waals surface area contributed by atoms with Gasteiger partial charge in [-0.1, -0.05) is 43.4 Å². The first kappa shape index (κ1) is 26.5. The molecule has 2 heterocycles. The molecule has 0 atom stereocenters. The summed E-state index contributed by atoms with van der Waals surface area (Å²) in [7, 11) is 0. The van der Waals surface area contributed by atoms with Crippen molar-refractivity contribution in [2.24, 2.45) is 5.41 Å². The van der Waals surface area contributed by atoms with Crippen molar-refractivity contribution < 1.29 is 9.30 Å². The number of allylic oxidation sites excluding steroid dienone is 6. The minimum atomic E-state index is 0.221. The van der Waals surface area contributed by atoms with Crippen LogP contribution in [0.5, 0.6) is 5.75 Å². The standard InChI is InChI=1S/C34H41N2OS/c1-9-35-28-14-22(3)24(5)16-30(28)37-32(35)13-11-12-26-18-27(21-34(7,8)20-26)19-33-36(10-2)29-15-23(4)25(6)17-31(29)38-33/h11-19H,9-10,20-21H2,1-8H3/q+1. The second-order valence-electron chi connectivity index (χ2n) is 11.7. The summed E-state index contributed by atoms with van der Waals surface area (Å²) in [5.74, 6) is 1.85. The van der Waals surface area contributed by atoms with Gasteiger partial charge in [0.15, 0.2) is 5.75 Å². The summed E-state index contributed by atoms with van der Waals surface area (Å²) in [6.45, 7) is 19.8. The maximum Gasteiger partial charge on any atom is 0.263 e. The Morgan fingerprint density at radius 1 is 0.974 bits per heavy atom. The largest absolute Gasteiger partial charge is 0.439 e. The molecule has 198 valence electrons. The third-order valence-corrected chi connectivity index (χ3v) is 9.01. The number of anilines is 1. The van der Waals surface area contributed by atoms with Gasteiger partial charge in [0.05, 0.1) is 5.69 Å². The number of rotatable bonds is 5. The van der Waals surface area contributed by atoms with Crippen LogP contribution in [-0.2, 0) is 6.54 Å². The quantitative estimate of drug-likeness (QED) is 0.309. The number of hydrogen-bond donors (Lipinski definition) is 0. The van der Waals surface area contributed by atoms with Gasteiger partial charge < -0.3 is 9.64 Å². The first-order chi connectivity index (χ1) is 18.1. The number of ether oxygens (including phenoxy) is 1. The number of aryl methyl sites for hydroxylation is 5. The molecule has 0 spiro atoms. The van der Waals surface area contributed by atoms with Gasteiger partial charge in [0.1, 0.15) is 11.2 Å². The van der Waals surface area contributed by atoms with Crippen LogP contribution in [0.2, 0.25) is 0 Å². The zero-order valence-corrected chi connectivity index (χ0v) is 25.1. The number of benzene rings is 2. The molecule has 2 aliphatic rings. The van der Waals surface area contributed by atoms with Crippen LogP contribution in [-0.4, -0.2) is 6.54 Å². The zero-order valence-electron chi connectivity index (χ0n) is 24.2. The molecule has 3 nitrogen and oxygen atoms in total. The van der Waals surface area contributed by atoms with E-state index in [0.29, 0.717) is 0 Å². The topological polar surface area (TPSA) is 16.4 Å². The van der Waals surface area contributed by atoms with Crippen molar-refractivity contribution in [3.8, 4) is 5.75 Å². The van der Waals surface area contributed by atoms with E-state index >= 15 is 0 Å². The summed E-state index contributed by atoms with van der Waals surface area (Å²) in [6.07, 6.45) is 13.5. The van der Waals surface area contributed by atoms with E-state index < -0.39 is 0 Å². The number of aromatic nitrogens is 1.